The molecular formula is C17H18BrCl2N. The van der Waals surface area contributed by atoms with Crippen LogP contribution in [0, 0.1) is 0 Å². The molecule has 0 aliphatic rings. The molecule has 2 rings (SSSR count). The Hall–Kier alpha value is -0.540. The van der Waals surface area contributed by atoms with Gasteiger partial charge in [-0.3, -0.25) is 0 Å². The van der Waals surface area contributed by atoms with Crippen LogP contribution in [0.25, 0.3) is 0 Å². The van der Waals surface area contributed by atoms with E-state index in [-0.39, 0.29) is 6.04 Å². The second-order valence-corrected chi connectivity index (χ2v) is 6.68. The van der Waals surface area contributed by atoms with Crippen molar-refractivity contribution in [3.8, 4) is 0 Å². The number of hydrogen-bond acceptors (Lipinski definition) is 1. The molecule has 0 aliphatic carbocycles. The van der Waals surface area contributed by atoms with Crippen molar-refractivity contribution in [2.45, 2.75) is 25.8 Å². The maximum atomic E-state index is 6.38. The number of benzene rings is 2. The minimum Gasteiger partial charge on any atom is -0.310 e. The van der Waals surface area contributed by atoms with Gasteiger partial charge < -0.3 is 5.32 Å². The zero-order chi connectivity index (χ0) is 15.2. The number of halogens is 3. The average Bonchev–Trinajstić information content (AvgIpc) is 2.48. The topological polar surface area (TPSA) is 12.0 Å². The van der Waals surface area contributed by atoms with Crippen LogP contribution in [0.2, 0.25) is 10.0 Å². The Morgan fingerprint density at radius 1 is 1.10 bits per heavy atom. The highest BCUT2D eigenvalue weighted by Crippen LogP contribution is 2.31. The summed E-state index contributed by atoms with van der Waals surface area (Å²) in [5, 5.41) is 4.81. The highest BCUT2D eigenvalue weighted by molar-refractivity contribution is 9.10. The summed E-state index contributed by atoms with van der Waals surface area (Å²) >= 11 is 16.0. The SMILES string of the molecule is CCCNC(Cc1ccc(Br)cc1)c1cccc(Cl)c1Cl. The Balaban J connectivity index is 2.25. The predicted octanol–water partition coefficient (Wildman–Crippen LogP) is 6.04. The van der Waals surface area contributed by atoms with Crippen LogP contribution in [0.3, 0.4) is 0 Å². The Kier molecular flexibility index (Phi) is 6.56. The largest absolute Gasteiger partial charge is 0.310 e. The van der Waals surface area contributed by atoms with Gasteiger partial charge in [0.05, 0.1) is 10.0 Å². The van der Waals surface area contributed by atoms with Gasteiger partial charge in [-0.05, 0) is 48.7 Å². The third-order valence-electron chi connectivity index (χ3n) is 3.35. The standard InChI is InChI=1S/C17H18BrCl2N/c1-2-10-21-16(11-12-6-8-13(18)9-7-12)14-4-3-5-15(19)17(14)20/h3-9,16,21H,2,10-11H2,1H3. The van der Waals surface area contributed by atoms with Crippen molar-refractivity contribution < 1.29 is 0 Å². The van der Waals surface area contributed by atoms with Gasteiger partial charge in [0, 0.05) is 10.5 Å². The van der Waals surface area contributed by atoms with Crippen molar-refractivity contribution in [2.75, 3.05) is 6.54 Å². The van der Waals surface area contributed by atoms with Gasteiger partial charge in [0.15, 0.2) is 0 Å². The molecule has 1 atom stereocenters. The molecule has 0 radical (unpaired) electrons. The Bertz CT molecular complexity index is 584. The van der Waals surface area contributed by atoms with Crippen molar-refractivity contribution >= 4 is 39.1 Å². The first kappa shape index (κ1) is 16.8. The van der Waals surface area contributed by atoms with Crippen LogP contribution in [-0.2, 0) is 6.42 Å². The van der Waals surface area contributed by atoms with E-state index >= 15 is 0 Å². The van der Waals surface area contributed by atoms with E-state index < -0.39 is 0 Å². The van der Waals surface area contributed by atoms with E-state index in [0.29, 0.717) is 10.0 Å². The molecule has 112 valence electrons. The first-order chi connectivity index (χ1) is 10.1. The fraction of sp³-hybridized carbons (Fsp3) is 0.294. The van der Waals surface area contributed by atoms with E-state index in [1.165, 1.54) is 5.56 Å². The molecule has 4 heteroatoms. The first-order valence-electron chi connectivity index (χ1n) is 7.03. The summed E-state index contributed by atoms with van der Waals surface area (Å²) in [5.41, 5.74) is 2.32. The molecule has 1 nitrogen and oxygen atoms in total. The van der Waals surface area contributed by atoms with E-state index in [1.54, 1.807) is 0 Å². The predicted molar refractivity (Wildman–Crippen MR) is 95.3 cm³/mol. The van der Waals surface area contributed by atoms with Gasteiger partial charge in [0.25, 0.3) is 0 Å². The highest BCUT2D eigenvalue weighted by Gasteiger charge is 2.16. The summed E-state index contributed by atoms with van der Waals surface area (Å²) < 4.78 is 1.09. The minimum atomic E-state index is 0.164. The van der Waals surface area contributed by atoms with Crippen molar-refractivity contribution in [1.29, 1.82) is 0 Å². The van der Waals surface area contributed by atoms with Gasteiger partial charge >= 0.3 is 0 Å². The zero-order valence-corrected chi connectivity index (χ0v) is 15.0. The van der Waals surface area contributed by atoms with Crippen molar-refractivity contribution in [3.63, 3.8) is 0 Å². The lowest BCUT2D eigenvalue weighted by molar-refractivity contribution is 0.529. The van der Waals surface area contributed by atoms with Crippen molar-refractivity contribution in [2.24, 2.45) is 0 Å². The molecule has 0 heterocycles. The van der Waals surface area contributed by atoms with Crippen LogP contribution in [0.5, 0.6) is 0 Å². The molecule has 2 aromatic carbocycles. The van der Waals surface area contributed by atoms with Gasteiger partial charge in [-0.25, -0.2) is 0 Å². The second kappa shape index (κ2) is 8.19. The van der Waals surface area contributed by atoms with Gasteiger partial charge in [-0.2, -0.15) is 0 Å². The van der Waals surface area contributed by atoms with Crippen LogP contribution in [0.4, 0.5) is 0 Å². The minimum absolute atomic E-state index is 0.164. The molecule has 0 bridgehead atoms. The molecule has 1 N–H and O–H groups in total. The van der Waals surface area contributed by atoms with Crippen LogP contribution < -0.4 is 5.32 Å². The average molecular weight is 387 g/mol. The molecule has 0 aliphatic heterocycles. The fourth-order valence-corrected chi connectivity index (χ4v) is 2.96. The summed E-state index contributed by atoms with van der Waals surface area (Å²) in [5.74, 6) is 0. The maximum absolute atomic E-state index is 6.38. The first-order valence-corrected chi connectivity index (χ1v) is 8.58. The number of nitrogens with one attached hydrogen (secondary N) is 1. The van der Waals surface area contributed by atoms with E-state index in [1.807, 2.05) is 18.2 Å². The van der Waals surface area contributed by atoms with Crippen LogP contribution >= 0.6 is 39.1 Å². The lowest BCUT2D eigenvalue weighted by Crippen LogP contribution is -2.24. The Morgan fingerprint density at radius 2 is 1.81 bits per heavy atom. The molecule has 0 saturated carbocycles. The molecule has 0 saturated heterocycles. The van der Waals surface area contributed by atoms with Crippen molar-refractivity contribution in [1.82, 2.24) is 5.32 Å². The Labute approximate surface area is 144 Å². The summed E-state index contributed by atoms with van der Waals surface area (Å²) in [7, 11) is 0. The molecule has 2 aromatic rings. The van der Waals surface area contributed by atoms with E-state index in [2.05, 4.69) is 52.4 Å². The zero-order valence-electron chi connectivity index (χ0n) is 11.9. The van der Waals surface area contributed by atoms with Crippen LogP contribution in [0.1, 0.15) is 30.5 Å². The normalized spacial score (nSPS) is 12.4. The number of hydrogen-bond donors (Lipinski definition) is 1. The molecule has 0 aromatic heterocycles. The molecule has 0 amide bonds. The van der Waals surface area contributed by atoms with Crippen molar-refractivity contribution in [3.05, 3.63) is 68.1 Å². The molecule has 1 unspecified atom stereocenters. The highest BCUT2D eigenvalue weighted by atomic mass is 79.9. The van der Waals surface area contributed by atoms with Crippen LogP contribution in [-0.4, -0.2) is 6.54 Å². The van der Waals surface area contributed by atoms with E-state index in [4.69, 9.17) is 23.2 Å². The lowest BCUT2D eigenvalue weighted by atomic mass is 9.98. The van der Waals surface area contributed by atoms with E-state index in [0.717, 1.165) is 29.4 Å². The van der Waals surface area contributed by atoms with Gasteiger partial charge in [-0.1, -0.05) is 70.3 Å². The van der Waals surface area contributed by atoms with Gasteiger partial charge in [-0.15, -0.1) is 0 Å². The molecule has 21 heavy (non-hydrogen) atoms. The smallest absolute Gasteiger partial charge is 0.0640 e. The van der Waals surface area contributed by atoms with E-state index in [9.17, 15) is 0 Å². The summed E-state index contributed by atoms with van der Waals surface area (Å²) in [4.78, 5) is 0. The lowest BCUT2D eigenvalue weighted by Gasteiger charge is -2.21. The summed E-state index contributed by atoms with van der Waals surface area (Å²) in [6.45, 7) is 3.10. The molecular weight excluding hydrogens is 369 g/mol. The molecule has 0 fully saturated rings. The van der Waals surface area contributed by atoms with Gasteiger partial charge in [0.2, 0.25) is 0 Å². The monoisotopic (exact) mass is 385 g/mol. The third kappa shape index (κ3) is 4.72. The number of rotatable bonds is 6. The maximum Gasteiger partial charge on any atom is 0.0640 e. The summed E-state index contributed by atoms with van der Waals surface area (Å²) in [6, 6.07) is 14.4. The quantitative estimate of drug-likeness (QED) is 0.638. The van der Waals surface area contributed by atoms with Gasteiger partial charge in [0.1, 0.15) is 0 Å². The summed E-state index contributed by atoms with van der Waals surface area (Å²) in [6.07, 6.45) is 1.96. The van der Waals surface area contributed by atoms with Crippen LogP contribution in [0.15, 0.2) is 46.9 Å². The fourth-order valence-electron chi connectivity index (χ4n) is 2.26. The second-order valence-electron chi connectivity index (χ2n) is 4.98. The third-order valence-corrected chi connectivity index (χ3v) is 4.71. The Morgan fingerprint density at radius 3 is 2.48 bits per heavy atom. The molecule has 0 spiro atoms.